The number of hydrogen-bond acceptors (Lipinski definition) is 5. The monoisotopic (exact) mass is 434 g/mol. The molecular formula is C25H23FN2O2S. The number of para-hydroxylation sites is 1. The SMILES string of the molecule is Cc1ccc(-c2nc(Nc3ccc(C)c(OCCOc4ccccc4)c3)sc2F)cc1. The summed E-state index contributed by atoms with van der Waals surface area (Å²) in [6.07, 6.45) is 0. The molecule has 0 saturated carbocycles. The molecule has 0 fully saturated rings. The third-order valence-corrected chi connectivity index (χ3v) is 5.46. The number of anilines is 2. The van der Waals surface area contributed by atoms with Crippen LogP contribution in [0.2, 0.25) is 0 Å². The Labute approximate surface area is 185 Å². The highest BCUT2D eigenvalue weighted by atomic mass is 32.1. The molecule has 31 heavy (non-hydrogen) atoms. The fourth-order valence-electron chi connectivity index (χ4n) is 3.03. The van der Waals surface area contributed by atoms with Gasteiger partial charge in [0.15, 0.2) is 5.13 Å². The van der Waals surface area contributed by atoms with Gasteiger partial charge in [0.05, 0.1) is 0 Å². The fourth-order valence-corrected chi connectivity index (χ4v) is 3.76. The lowest BCUT2D eigenvalue weighted by molar-refractivity contribution is 0.216. The van der Waals surface area contributed by atoms with E-state index in [1.54, 1.807) is 0 Å². The van der Waals surface area contributed by atoms with E-state index in [0.29, 0.717) is 24.0 Å². The van der Waals surface area contributed by atoms with Gasteiger partial charge >= 0.3 is 0 Å². The lowest BCUT2D eigenvalue weighted by atomic mass is 10.1. The third-order valence-electron chi connectivity index (χ3n) is 4.70. The first-order valence-electron chi connectivity index (χ1n) is 10.0. The van der Waals surface area contributed by atoms with Crippen LogP contribution in [0.4, 0.5) is 15.2 Å². The van der Waals surface area contributed by atoms with Gasteiger partial charge in [-0.1, -0.05) is 65.4 Å². The summed E-state index contributed by atoms with van der Waals surface area (Å²) in [6, 6.07) is 23.1. The summed E-state index contributed by atoms with van der Waals surface area (Å²) >= 11 is 0.988. The summed E-state index contributed by atoms with van der Waals surface area (Å²) in [7, 11) is 0. The van der Waals surface area contributed by atoms with Crippen molar-refractivity contribution in [3.05, 3.63) is 89.1 Å². The van der Waals surface area contributed by atoms with Crippen LogP contribution >= 0.6 is 11.3 Å². The number of benzene rings is 3. The van der Waals surface area contributed by atoms with E-state index in [2.05, 4.69) is 10.3 Å². The first-order chi connectivity index (χ1) is 15.1. The Balaban J connectivity index is 1.40. The molecular weight excluding hydrogens is 411 g/mol. The maximum Gasteiger partial charge on any atom is 0.206 e. The van der Waals surface area contributed by atoms with Gasteiger partial charge in [-0.2, -0.15) is 4.39 Å². The normalized spacial score (nSPS) is 10.7. The third kappa shape index (κ3) is 5.41. The molecule has 4 aromatic rings. The van der Waals surface area contributed by atoms with Crippen LogP contribution in [0.5, 0.6) is 11.5 Å². The maximum atomic E-state index is 14.5. The number of halogens is 1. The molecule has 0 saturated heterocycles. The Hall–Kier alpha value is -3.38. The smallest absolute Gasteiger partial charge is 0.206 e. The Morgan fingerprint density at radius 2 is 1.65 bits per heavy atom. The number of hydrogen-bond donors (Lipinski definition) is 1. The molecule has 0 unspecified atom stereocenters. The molecule has 4 nitrogen and oxygen atoms in total. The summed E-state index contributed by atoms with van der Waals surface area (Å²) < 4.78 is 26.0. The molecule has 1 heterocycles. The van der Waals surface area contributed by atoms with Crippen molar-refractivity contribution in [2.75, 3.05) is 18.5 Å². The molecule has 1 N–H and O–H groups in total. The van der Waals surface area contributed by atoms with Crippen LogP contribution in [0.1, 0.15) is 11.1 Å². The summed E-state index contributed by atoms with van der Waals surface area (Å²) in [4.78, 5) is 4.44. The molecule has 4 rings (SSSR count). The summed E-state index contributed by atoms with van der Waals surface area (Å²) in [6.45, 7) is 4.84. The highest BCUT2D eigenvalue weighted by Gasteiger charge is 2.13. The molecule has 1 aromatic heterocycles. The topological polar surface area (TPSA) is 43.4 Å². The molecule has 0 aliphatic rings. The van der Waals surface area contributed by atoms with Crippen molar-refractivity contribution < 1.29 is 13.9 Å². The number of aromatic nitrogens is 1. The van der Waals surface area contributed by atoms with Crippen molar-refractivity contribution in [2.45, 2.75) is 13.8 Å². The van der Waals surface area contributed by atoms with Crippen LogP contribution in [0.15, 0.2) is 72.8 Å². The second-order valence-corrected chi connectivity index (χ2v) is 8.07. The molecule has 6 heteroatoms. The van der Waals surface area contributed by atoms with Crippen molar-refractivity contribution in [1.29, 1.82) is 0 Å². The van der Waals surface area contributed by atoms with E-state index in [1.807, 2.05) is 86.6 Å². The molecule has 3 aromatic carbocycles. The highest BCUT2D eigenvalue weighted by molar-refractivity contribution is 7.14. The summed E-state index contributed by atoms with van der Waals surface area (Å²) in [5.41, 5.74) is 4.04. The van der Waals surface area contributed by atoms with E-state index in [4.69, 9.17) is 9.47 Å². The lowest BCUT2D eigenvalue weighted by Crippen LogP contribution is -2.09. The zero-order chi connectivity index (χ0) is 21.6. The van der Waals surface area contributed by atoms with Gasteiger partial charge in [0.25, 0.3) is 0 Å². The van der Waals surface area contributed by atoms with Gasteiger partial charge in [-0.05, 0) is 37.6 Å². The van der Waals surface area contributed by atoms with E-state index in [-0.39, 0.29) is 5.13 Å². The van der Waals surface area contributed by atoms with Gasteiger partial charge in [-0.25, -0.2) is 4.98 Å². The first-order valence-corrected chi connectivity index (χ1v) is 10.8. The van der Waals surface area contributed by atoms with Crippen molar-refractivity contribution in [2.24, 2.45) is 0 Å². The summed E-state index contributed by atoms with van der Waals surface area (Å²) in [5, 5.41) is 3.37. The Morgan fingerprint density at radius 3 is 2.42 bits per heavy atom. The van der Waals surface area contributed by atoms with E-state index in [1.165, 1.54) is 0 Å². The first kappa shape index (κ1) is 20.9. The zero-order valence-electron chi connectivity index (χ0n) is 17.4. The van der Waals surface area contributed by atoms with Crippen molar-refractivity contribution in [1.82, 2.24) is 4.98 Å². The van der Waals surface area contributed by atoms with Gasteiger partial charge in [0, 0.05) is 17.3 Å². The average molecular weight is 435 g/mol. The van der Waals surface area contributed by atoms with Gasteiger partial charge < -0.3 is 14.8 Å². The van der Waals surface area contributed by atoms with Gasteiger partial charge in [0.2, 0.25) is 5.13 Å². The highest BCUT2D eigenvalue weighted by Crippen LogP contribution is 2.32. The number of rotatable bonds is 8. The Kier molecular flexibility index (Phi) is 6.48. The Bertz CT molecular complexity index is 1140. The largest absolute Gasteiger partial charge is 0.490 e. The quantitative estimate of drug-likeness (QED) is 0.311. The number of ether oxygens (including phenoxy) is 2. The number of nitrogens with zero attached hydrogens (tertiary/aromatic N) is 1. The minimum Gasteiger partial charge on any atom is -0.490 e. The minimum absolute atomic E-state index is 0.312. The van der Waals surface area contributed by atoms with Crippen molar-refractivity contribution >= 4 is 22.2 Å². The van der Waals surface area contributed by atoms with Crippen molar-refractivity contribution in [3.8, 4) is 22.8 Å². The van der Waals surface area contributed by atoms with Gasteiger partial charge in [-0.15, -0.1) is 0 Å². The standard InChI is InChI=1S/C25H23FN2O2S/c1-17-8-11-19(12-9-17)23-24(26)31-25(28-23)27-20-13-10-18(2)22(16-20)30-15-14-29-21-6-4-3-5-7-21/h3-13,16H,14-15H2,1-2H3,(H,27,28). The molecule has 0 aliphatic carbocycles. The molecule has 0 spiro atoms. The van der Waals surface area contributed by atoms with Crippen LogP contribution < -0.4 is 14.8 Å². The number of nitrogens with one attached hydrogen (secondary N) is 1. The maximum absolute atomic E-state index is 14.5. The molecule has 0 amide bonds. The van der Waals surface area contributed by atoms with Crippen LogP contribution in [0.25, 0.3) is 11.3 Å². The van der Waals surface area contributed by atoms with Gasteiger partial charge in [0.1, 0.15) is 30.4 Å². The second-order valence-electron chi connectivity index (χ2n) is 7.12. The zero-order valence-corrected chi connectivity index (χ0v) is 18.2. The molecule has 0 bridgehead atoms. The fraction of sp³-hybridized carbons (Fsp3) is 0.160. The number of aryl methyl sites for hydroxylation is 2. The van der Waals surface area contributed by atoms with E-state index < -0.39 is 0 Å². The van der Waals surface area contributed by atoms with Crippen molar-refractivity contribution in [3.63, 3.8) is 0 Å². The van der Waals surface area contributed by atoms with Crippen LogP contribution in [0.3, 0.4) is 0 Å². The van der Waals surface area contributed by atoms with Gasteiger partial charge in [-0.3, -0.25) is 0 Å². The average Bonchev–Trinajstić information content (AvgIpc) is 3.14. The summed E-state index contributed by atoms with van der Waals surface area (Å²) in [5.74, 6) is 1.56. The van der Waals surface area contributed by atoms with Crippen LogP contribution in [0, 0.1) is 19.0 Å². The van der Waals surface area contributed by atoms with E-state index >= 15 is 0 Å². The molecule has 0 aliphatic heterocycles. The Morgan fingerprint density at radius 1 is 0.903 bits per heavy atom. The number of thiazole rings is 1. The molecule has 0 radical (unpaired) electrons. The molecule has 0 atom stereocenters. The molecule has 158 valence electrons. The van der Waals surface area contributed by atoms with Crippen LogP contribution in [-0.4, -0.2) is 18.2 Å². The second kappa shape index (κ2) is 9.62. The van der Waals surface area contributed by atoms with Crippen LogP contribution in [-0.2, 0) is 0 Å². The predicted molar refractivity (Wildman–Crippen MR) is 124 cm³/mol. The predicted octanol–water partition coefficient (Wildman–Crippen LogP) is 6.77. The van der Waals surface area contributed by atoms with E-state index in [0.717, 1.165) is 45.2 Å². The lowest BCUT2D eigenvalue weighted by Gasteiger charge is -2.12. The minimum atomic E-state index is -0.312. The van der Waals surface area contributed by atoms with E-state index in [9.17, 15) is 4.39 Å².